The van der Waals surface area contributed by atoms with Crippen LogP contribution in [0.3, 0.4) is 0 Å². The number of rotatable bonds is 2. The van der Waals surface area contributed by atoms with Crippen LogP contribution in [0.2, 0.25) is 0 Å². The third-order valence-corrected chi connectivity index (χ3v) is 2.99. The zero-order valence-corrected chi connectivity index (χ0v) is 10.7. The van der Waals surface area contributed by atoms with Gasteiger partial charge in [-0.3, -0.25) is 10.1 Å². The number of benzene rings is 1. The molecule has 0 amide bonds. The number of nitrogens with zero attached hydrogens (tertiary/aromatic N) is 3. The van der Waals surface area contributed by atoms with E-state index in [1.807, 2.05) is 0 Å². The summed E-state index contributed by atoms with van der Waals surface area (Å²) in [5.41, 5.74) is -0.324. The highest BCUT2D eigenvalue weighted by Gasteiger charge is 2.32. The fourth-order valence-electron chi connectivity index (χ4n) is 1.92. The zero-order valence-electron chi connectivity index (χ0n) is 10.7. The van der Waals surface area contributed by atoms with E-state index in [-0.39, 0.29) is 22.5 Å². The molecule has 0 N–H and O–H groups in total. The van der Waals surface area contributed by atoms with Crippen LogP contribution in [-0.4, -0.2) is 15.1 Å². The van der Waals surface area contributed by atoms with Crippen molar-refractivity contribution in [1.82, 2.24) is 10.1 Å². The highest BCUT2D eigenvalue weighted by atomic mass is 19.4. The lowest BCUT2D eigenvalue weighted by Gasteiger charge is -2.04. The summed E-state index contributed by atoms with van der Waals surface area (Å²) in [6.45, 7) is 0. The average molecular weight is 309 g/mol. The van der Waals surface area contributed by atoms with E-state index in [1.165, 1.54) is 24.3 Å². The molecule has 6 nitrogen and oxygen atoms in total. The van der Waals surface area contributed by atoms with Gasteiger partial charge in [0, 0.05) is 23.9 Å². The Hall–Kier alpha value is -2.97. The summed E-state index contributed by atoms with van der Waals surface area (Å²) in [6.07, 6.45) is -3.84. The van der Waals surface area contributed by atoms with E-state index in [1.54, 1.807) is 0 Å². The van der Waals surface area contributed by atoms with E-state index in [0.717, 1.165) is 6.07 Å². The van der Waals surface area contributed by atoms with Gasteiger partial charge in [-0.05, 0) is 18.2 Å². The lowest BCUT2D eigenvalue weighted by atomic mass is 10.1. The van der Waals surface area contributed by atoms with Gasteiger partial charge in [-0.1, -0.05) is 5.16 Å². The van der Waals surface area contributed by atoms with Crippen molar-refractivity contribution in [3.63, 3.8) is 0 Å². The minimum atomic E-state index is -4.53. The van der Waals surface area contributed by atoms with E-state index < -0.39 is 16.7 Å². The van der Waals surface area contributed by atoms with Gasteiger partial charge in [-0.2, -0.15) is 13.2 Å². The number of hydrogen-bond acceptors (Lipinski definition) is 5. The molecule has 9 heteroatoms. The Morgan fingerprint density at radius 1 is 1.18 bits per heavy atom. The van der Waals surface area contributed by atoms with Crippen molar-refractivity contribution in [2.24, 2.45) is 0 Å². The first kappa shape index (κ1) is 14.0. The number of pyridine rings is 1. The summed E-state index contributed by atoms with van der Waals surface area (Å²) >= 11 is 0. The van der Waals surface area contributed by atoms with Crippen LogP contribution in [0.5, 0.6) is 0 Å². The molecule has 3 rings (SSSR count). The van der Waals surface area contributed by atoms with E-state index in [9.17, 15) is 23.3 Å². The molecule has 0 bridgehead atoms. The van der Waals surface area contributed by atoms with Crippen LogP contribution in [0.1, 0.15) is 5.56 Å². The Kier molecular flexibility index (Phi) is 3.05. The summed E-state index contributed by atoms with van der Waals surface area (Å²) in [5, 5.41) is 14.3. The number of aromatic nitrogens is 2. The molecule has 22 heavy (non-hydrogen) atoms. The molecule has 0 aliphatic carbocycles. The van der Waals surface area contributed by atoms with Gasteiger partial charge in [0.1, 0.15) is 11.2 Å². The van der Waals surface area contributed by atoms with E-state index >= 15 is 0 Å². The van der Waals surface area contributed by atoms with Gasteiger partial charge in [0.15, 0.2) is 5.58 Å². The smallest absolute Gasteiger partial charge is 0.354 e. The summed E-state index contributed by atoms with van der Waals surface area (Å²) in [6, 6.07) is 6.19. The predicted molar refractivity (Wildman–Crippen MR) is 68.9 cm³/mol. The monoisotopic (exact) mass is 309 g/mol. The Morgan fingerprint density at radius 2 is 1.86 bits per heavy atom. The van der Waals surface area contributed by atoms with Crippen molar-refractivity contribution in [3.8, 4) is 11.3 Å². The van der Waals surface area contributed by atoms with Gasteiger partial charge < -0.3 is 4.52 Å². The van der Waals surface area contributed by atoms with Crippen LogP contribution in [0, 0.1) is 10.1 Å². The molecule has 0 aliphatic heterocycles. The third kappa shape index (κ3) is 2.36. The molecule has 2 aromatic heterocycles. The minimum absolute atomic E-state index is 0.108. The molecular formula is C13H6F3N3O3. The molecule has 0 fully saturated rings. The maximum absolute atomic E-state index is 12.6. The summed E-state index contributed by atoms with van der Waals surface area (Å²) < 4.78 is 42.7. The molecular weight excluding hydrogens is 303 g/mol. The number of nitro benzene ring substituents is 1. The topological polar surface area (TPSA) is 82.1 Å². The summed E-state index contributed by atoms with van der Waals surface area (Å²) in [5.74, 6) is 0. The second kappa shape index (κ2) is 4.79. The quantitative estimate of drug-likeness (QED) is 0.531. The van der Waals surface area contributed by atoms with E-state index in [2.05, 4.69) is 10.1 Å². The molecule has 0 aliphatic rings. The van der Waals surface area contributed by atoms with Crippen LogP contribution in [0.25, 0.3) is 22.4 Å². The molecule has 3 aromatic rings. The minimum Gasteiger partial charge on any atom is -0.354 e. The molecule has 0 radical (unpaired) electrons. The lowest BCUT2D eigenvalue weighted by molar-refractivity contribution is -0.384. The Labute approximate surface area is 120 Å². The molecule has 0 saturated carbocycles. The van der Waals surface area contributed by atoms with E-state index in [0.29, 0.717) is 11.8 Å². The Balaban J connectivity index is 2.06. The van der Waals surface area contributed by atoms with Crippen LogP contribution in [-0.2, 0) is 6.18 Å². The fourth-order valence-corrected chi connectivity index (χ4v) is 1.92. The van der Waals surface area contributed by atoms with Gasteiger partial charge in [-0.15, -0.1) is 0 Å². The number of non-ortho nitro benzene ring substituents is 1. The van der Waals surface area contributed by atoms with Crippen LogP contribution < -0.4 is 0 Å². The molecule has 2 heterocycles. The molecule has 0 unspecified atom stereocenters. The maximum atomic E-state index is 12.6. The first-order valence-corrected chi connectivity index (χ1v) is 5.94. The van der Waals surface area contributed by atoms with Crippen molar-refractivity contribution in [2.45, 2.75) is 6.18 Å². The maximum Gasteiger partial charge on any atom is 0.418 e. The molecule has 0 saturated heterocycles. The SMILES string of the molecule is O=[N+]([O-])c1ccc(-c2noc3cc(C(F)(F)F)cnc23)cc1. The highest BCUT2D eigenvalue weighted by Crippen LogP contribution is 2.33. The van der Waals surface area contributed by atoms with E-state index in [4.69, 9.17) is 4.52 Å². The summed E-state index contributed by atoms with van der Waals surface area (Å²) in [4.78, 5) is 13.8. The number of halogens is 3. The normalized spacial score (nSPS) is 11.8. The van der Waals surface area contributed by atoms with Crippen LogP contribution >= 0.6 is 0 Å². The van der Waals surface area contributed by atoms with Gasteiger partial charge >= 0.3 is 6.18 Å². The fraction of sp³-hybridized carbons (Fsp3) is 0.0769. The summed E-state index contributed by atoms with van der Waals surface area (Å²) in [7, 11) is 0. The van der Waals surface area contributed by atoms with Crippen molar-refractivity contribution in [3.05, 3.63) is 52.2 Å². The molecule has 112 valence electrons. The van der Waals surface area contributed by atoms with Crippen molar-refractivity contribution in [2.75, 3.05) is 0 Å². The molecule has 0 atom stereocenters. The number of hydrogen-bond donors (Lipinski definition) is 0. The average Bonchev–Trinajstić information content (AvgIpc) is 2.89. The second-order valence-corrected chi connectivity index (χ2v) is 4.40. The highest BCUT2D eigenvalue weighted by molar-refractivity contribution is 5.88. The van der Waals surface area contributed by atoms with Crippen LogP contribution in [0.15, 0.2) is 41.1 Å². The van der Waals surface area contributed by atoms with Gasteiger partial charge in [-0.25, -0.2) is 4.98 Å². The van der Waals surface area contributed by atoms with Crippen LogP contribution in [0.4, 0.5) is 18.9 Å². The third-order valence-electron chi connectivity index (χ3n) is 2.99. The number of fused-ring (bicyclic) bond motifs is 1. The van der Waals surface area contributed by atoms with Gasteiger partial charge in [0.25, 0.3) is 5.69 Å². The molecule has 0 spiro atoms. The predicted octanol–water partition coefficient (Wildman–Crippen LogP) is 3.82. The lowest BCUT2D eigenvalue weighted by Crippen LogP contribution is -2.04. The van der Waals surface area contributed by atoms with Gasteiger partial charge in [0.05, 0.1) is 10.5 Å². The second-order valence-electron chi connectivity index (χ2n) is 4.40. The van der Waals surface area contributed by atoms with Gasteiger partial charge in [0.2, 0.25) is 0 Å². The first-order valence-electron chi connectivity index (χ1n) is 5.94. The zero-order chi connectivity index (χ0) is 15.9. The largest absolute Gasteiger partial charge is 0.418 e. The number of nitro groups is 1. The Bertz CT molecular complexity index is 856. The standard InChI is InChI=1S/C13H6F3N3O3/c14-13(15,16)8-5-10-12(17-6-8)11(18-22-10)7-1-3-9(4-2-7)19(20)21/h1-6H. The Morgan fingerprint density at radius 3 is 2.45 bits per heavy atom. The van der Waals surface area contributed by atoms with Crippen molar-refractivity contribution >= 4 is 16.8 Å². The first-order chi connectivity index (χ1) is 10.4. The van der Waals surface area contributed by atoms with Crippen molar-refractivity contribution in [1.29, 1.82) is 0 Å². The van der Waals surface area contributed by atoms with Crippen molar-refractivity contribution < 1.29 is 22.6 Å². The molecule has 1 aromatic carbocycles. The number of alkyl halides is 3.